The van der Waals surface area contributed by atoms with Gasteiger partial charge in [-0.1, -0.05) is 30.3 Å². The van der Waals surface area contributed by atoms with E-state index in [0.717, 1.165) is 13.1 Å². The summed E-state index contributed by atoms with van der Waals surface area (Å²) in [6, 6.07) is 13.1. The van der Waals surface area contributed by atoms with Gasteiger partial charge in [-0.05, 0) is 31.0 Å². The van der Waals surface area contributed by atoms with E-state index >= 15 is 0 Å². The van der Waals surface area contributed by atoms with Crippen LogP contribution in [0.25, 0.3) is 0 Å². The Morgan fingerprint density at radius 3 is 2.59 bits per heavy atom. The number of rotatable bonds is 5. The lowest BCUT2D eigenvalue weighted by Gasteiger charge is -2.13. The van der Waals surface area contributed by atoms with Crippen molar-refractivity contribution in [3.63, 3.8) is 0 Å². The first kappa shape index (κ1) is 11.9. The van der Waals surface area contributed by atoms with Gasteiger partial charge in [-0.25, -0.2) is 0 Å². The van der Waals surface area contributed by atoms with Gasteiger partial charge in [0, 0.05) is 31.5 Å². The Morgan fingerprint density at radius 1 is 1.18 bits per heavy atom. The number of nitrogens with one attached hydrogen (secondary N) is 1. The maximum Gasteiger partial charge on any atom is 0.0294 e. The van der Waals surface area contributed by atoms with E-state index in [1.165, 1.54) is 11.1 Å². The second kappa shape index (κ2) is 5.69. The monoisotopic (exact) mass is 228 g/mol. The van der Waals surface area contributed by atoms with Crippen molar-refractivity contribution in [3.8, 4) is 0 Å². The summed E-state index contributed by atoms with van der Waals surface area (Å²) in [5, 5.41) is 3.54. The van der Waals surface area contributed by atoms with Crippen molar-refractivity contribution in [1.82, 2.24) is 9.88 Å². The van der Waals surface area contributed by atoms with Gasteiger partial charge in [-0.3, -0.25) is 0 Å². The number of hydrogen-bond acceptors (Lipinski definition) is 1. The molecule has 1 heterocycles. The zero-order valence-corrected chi connectivity index (χ0v) is 10.6. The molecule has 0 aliphatic carbocycles. The number of aryl methyl sites for hydroxylation is 1. The molecule has 0 saturated heterocycles. The molecule has 0 bridgehead atoms. The zero-order valence-electron chi connectivity index (χ0n) is 10.6. The van der Waals surface area contributed by atoms with Gasteiger partial charge in [-0.15, -0.1) is 0 Å². The average molecular weight is 228 g/mol. The maximum absolute atomic E-state index is 3.54. The van der Waals surface area contributed by atoms with Gasteiger partial charge in [0.15, 0.2) is 0 Å². The SMILES string of the molecule is CCn1ccc(CN[C@@H](C)c2ccccc2)c1. The van der Waals surface area contributed by atoms with E-state index in [4.69, 9.17) is 0 Å². The van der Waals surface area contributed by atoms with Crippen LogP contribution in [0.3, 0.4) is 0 Å². The molecular formula is C15H20N2. The van der Waals surface area contributed by atoms with Crippen LogP contribution in [0.15, 0.2) is 48.8 Å². The molecule has 2 rings (SSSR count). The largest absolute Gasteiger partial charge is 0.354 e. The van der Waals surface area contributed by atoms with E-state index in [1.807, 2.05) is 0 Å². The summed E-state index contributed by atoms with van der Waals surface area (Å²) >= 11 is 0. The zero-order chi connectivity index (χ0) is 12.1. The summed E-state index contributed by atoms with van der Waals surface area (Å²) in [5.74, 6) is 0. The van der Waals surface area contributed by atoms with E-state index in [2.05, 4.69) is 72.5 Å². The topological polar surface area (TPSA) is 17.0 Å². The fraction of sp³-hybridized carbons (Fsp3) is 0.333. The van der Waals surface area contributed by atoms with Gasteiger partial charge in [-0.2, -0.15) is 0 Å². The molecule has 1 N–H and O–H groups in total. The van der Waals surface area contributed by atoms with E-state index in [1.54, 1.807) is 0 Å². The molecule has 90 valence electrons. The molecule has 17 heavy (non-hydrogen) atoms. The third kappa shape index (κ3) is 3.21. The molecule has 1 atom stereocenters. The minimum Gasteiger partial charge on any atom is -0.354 e. The van der Waals surface area contributed by atoms with Gasteiger partial charge in [0.05, 0.1) is 0 Å². The normalized spacial score (nSPS) is 12.6. The molecule has 0 fully saturated rings. The Kier molecular flexibility index (Phi) is 3.99. The highest BCUT2D eigenvalue weighted by molar-refractivity contribution is 5.18. The van der Waals surface area contributed by atoms with Crippen molar-refractivity contribution < 1.29 is 0 Å². The lowest BCUT2D eigenvalue weighted by Crippen LogP contribution is -2.17. The van der Waals surface area contributed by atoms with Crippen molar-refractivity contribution in [1.29, 1.82) is 0 Å². The molecule has 0 aliphatic heterocycles. The Hall–Kier alpha value is -1.54. The van der Waals surface area contributed by atoms with Crippen molar-refractivity contribution in [2.75, 3.05) is 0 Å². The predicted octanol–water partition coefficient (Wildman–Crippen LogP) is 3.36. The molecule has 1 aromatic heterocycles. The van der Waals surface area contributed by atoms with Crippen LogP contribution < -0.4 is 5.32 Å². The smallest absolute Gasteiger partial charge is 0.0294 e. The summed E-state index contributed by atoms with van der Waals surface area (Å²) in [6.07, 6.45) is 4.33. The first-order valence-corrected chi connectivity index (χ1v) is 6.22. The number of aromatic nitrogens is 1. The second-order valence-corrected chi connectivity index (χ2v) is 4.36. The third-order valence-corrected chi connectivity index (χ3v) is 3.09. The third-order valence-electron chi connectivity index (χ3n) is 3.09. The first-order chi connectivity index (χ1) is 8.29. The van der Waals surface area contributed by atoms with Gasteiger partial charge >= 0.3 is 0 Å². The summed E-state index contributed by atoms with van der Waals surface area (Å²) in [6.45, 7) is 6.31. The van der Waals surface area contributed by atoms with Gasteiger partial charge in [0.1, 0.15) is 0 Å². The van der Waals surface area contributed by atoms with Crippen LogP contribution in [0.5, 0.6) is 0 Å². The van der Waals surface area contributed by atoms with Crippen LogP contribution in [0.2, 0.25) is 0 Å². The number of benzene rings is 1. The van der Waals surface area contributed by atoms with E-state index in [-0.39, 0.29) is 0 Å². The quantitative estimate of drug-likeness (QED) is 0.830. The molecular weight excluding hydrogens is 208 g/mol. The minimum atomic E-state index is 0.390. The van der Waals surface area contributed by atoms with Crippen LogP contribution in [-0.4, -0.2) is 4.57 Å². The maximum atomic E-state index is 3.54. The summed E-state index contributed by atoms with van der Waals surface area (Å²) in [4.78, 5) is 0. The van der Waals surface area contributed by atoms with Crippen LogP contribution in [0.4, 0.5) is 0 Å². The van der Waals surface area contributed by atoms with Crippen molar-refractivity contribution in [2.45, 2.75) is 33.0 Å². The van der Waals surface area contributed by atoms with Crippen LogP contribution in [-0.2, 0) is 13.1 Å². The van der Waals surface area contributed by atoms with E-state index < -0.39 is 0 Å². The van der Waals surface area contributed by atoms with Gasteiger partial charge < -0.3 is 9.88 Å². The standard InChI is InChI=1S/C15H20N2/c1-3-17-10-9-14(12-17)11-16-13(2)15-7-5-4-6-8-15/h4-10,12-13,16H,3,11H2,1-2H3/t13-/m0/s1. The van der Waals surface area contributed by atoms with Gasteiger partial charge in [0.25, 0.3) is 0 Å². The van der Waals surface area contributed by atoms with Crippen LogP contribution in [0, 0.1) is 0 Å². The molecule has 0 unspecified atom stereocenters. The molecule has 2 heteroatoms. The molecule has 0 spiro atoms. The molecule has 0 radical (unpaired) electrons. The van der Waals surface area contributed by atoms with Crippen LogP contribution in [0.1, 0.15) is 31.0 Å². The molecule has 0 aliphatic rings. The van der Waals surface area contributed by atoms with Crippen molar-refractivity contribution in [2.24, 2.45) is 0 Å². The molecule has 0 amide bonds. The predicted molar refractivity (Wildman–Crippen MR) is 71.8 cm³/mol. The number of nitrogens with zero attached hydrogens (tertiary/aromatic N) is 1. The van der Waals surface area contributed by atoms with Crippen molar-refractivity contribution in [3.05, 3.63) is 59.9 Å². The van der Waals surface area contributed by atoms with Crippen LogP contribution >= 0.6 is 0 Å². The fourth-order valence-electron chi connectivity index (χ4n) is 1.92. The van der Waals surface area contributed by atoms with E-state index in [0.29, 0.717) is 6.04 Å². The Bertz CT molecular complexity index is 445. The highest BCUT2D eigenvalue weighted by Gasteiger charge is 2.04. The highest BCUT2D eigenvalue weighted by atomic mass is 14.9. The fourth-order valence-corrected chi connectivity index (χ4v) is 1.92. The Balaban J connectivity index is 1.90. The summed E-state index contributed by atoms with van der Waals surface area (Å²) < 4.78 is 2.20. The molecule has 1 aromatic carbocycles. The van der Waals surface area contributed by atoms with E-state index in [9.17, 15) is 0 Å². The second-order valence-electron chi connectivity index (χ2n) is 4.36. The Labute approximate surface area is 103 Å². The molecule has 0 saturated carbocycles. The lowest BCUT2D eigenvalue weighted by molar-refractivity contribution is 0.574. The summed E-state index contributed by atoms with van der Waals surface area (Å²) in [7, 11) is 0. The average Bonchev–Trinajstić information content (AvgIpc) is 2.85. The minimum absolute atomic E-state index is 0.390. The lowest BCUT2D eigenvalue weighted by atomic mass is 10.1. The number of hydrogen-bond donors (Lipinski definition) is 1. The summed E-state index contributed by atoms with van der Waals surface area (Å²) in [5.41, 5.74) is 2.68. The molecule has 2 aromatic rings. The Morgan fingerprint density at radius 2 is 1.94 bits per heavy atom. The van der Waals surface area contributed by atoms with Gasteiger partial charge in [0.2, 0.25) is 0 Å². The highest BCUT2D eigenvalue weighted by Crippen LogP contribution is 2.12. The van der Waals surface area contributed by atoms with Crippen molar-refractivity contribution >= 4 is 0 Å². The molecule has 2 nitrogen and oxygen atoms in total. The first-order valence-electron chi connectivity index (χ1n) is 6.22.